The van der Waals surface area contributed by atoms with Gasteiger partial charge in [0.15, 0.2) is 0 Å². The number of carbonyl (C=O) groups is 1. The van der Waals surface area contributed by atoms with Gasteiger partial charge in [0.05, 0.1) is 12.6 Å². The van der Waals surface area contributed by atoms with Gasteiger partial charge in [0.1, 0.15) is 0 Å². The van der Waals surface area contributed by atoms with Gasteiger partial charge in [0.25, 0.3) is 0 Å². The first-order chi connectivity index (χ1) is 10.2. The van der Waals surface area contributed by atoms with Crippen LogP contribution in [0.5, 0.6) is 0 Å². The van der Waals surface area contributed by atoms with E-state index in [2.05, 4.69) is 26.6 Å². The zero-order valence-corrected chi connectivity index (χ0v) is 13.4. The highest BCUT2D eigenvalue weighted by molar-refractivity contribution is 7.09. The maximum atomic E-state index is 12.2. The fourth-order valence-corrected chi connectivity index (χ4v) is 3.30. The molecule has 2 heterocycles. The van der Waals surface area contributed by atoms with Crippen LogP contribution in [0.25, 0.3) is 0 Å². The van der Waals surface area contributed by atoms with Gasteiger partial charge in [-0.2, -0.15) is 0 Å². The summed E-state index contributed by atoms with van der Waals surface area (Å²) < 4.78 is 0. The summed E-state index contributed by atoms with van der Waals surface area (Å²) in [5, 5.41) is 14.0. The van der Waals surface area contributed by atoms with Crippen LogP contribution >= 0.6 is 11.3 Å². The summed E-state index contributed by atoms with van der Waals surface area (Å²) in [5.41, 5.74) is 0. The molecule has 0 bridgehead atoms. The monoisotopic (exact) mass is 311 g/mol. The van der Waals surface area contributed by atoms with Crippen molar-refractivity contribution in [3.8, 4) is 0 Å². The van der Waals surface area contributed by atoms with Crippen LogP contribution in [0.1, 0.15) is 11.8 Å². The Morgan fingerprint density at radius 3 is 2.81 bits per heavy atom. The van der Waals surface area contributed by atoms with E-state index in [4.69, 9.17) is 5.11 Å². The van der Waals surface area contributed by atoms with Gasteiger partial charge in [-0.3, -0.25) is 14.6 Å². The molecule has 21 heavy (non-hydrogen) atoms. The minimum atomic E-state index is -0.0791. The molecule has 118 valence electrons. The van der Waals surface area contributed by atoms with E-state index in [-0.39, 0.29) is 18.6 Å². The van der Waals surface area contributed by atoms with Crippen LogP contribution in [0.2, 0.25) is 0 Å². The van der Waals surface area contributed by atoms with Crippen LogP contribution in [-0.4, -0.2) is 72.7 Å². The highest BCUT2D eigenvalue weighted by Crippen LogP contribution is 2.09. The average molecular weight is 311 g/mol. The summed E-state index contributed by atoms with van der Waals surface area (Å²) in [6, 6.07) is 4.06. The van der Waals surface area contributed by atoms with Gasteiger partial charge in [-0.25, -0.2) is 0 Å². The third kappa shape index (κ3) is 5.07. The maximum Gasteiger partial charge on any atom is 0.237 e. The Morgan fingerprint density at radius 2 is 2.19 bits per heavy atom. The predicted octanol–water partition coefficient (Wildman–Crippen LogP) is 0.405. The number of nitrogens with zero attached hydrogens (tertiary/aromatic N) is 2. The Kier molecular flexibility index (Phi) is 6.63. The number of aliphatic hydroxyl groups is 1. The van der Waals surface area contributed by atoms with E-state index in [1.165, 1.54) is 4.88 Å². The van der Waals surface area contributed by atoms with E-state index in [0.29, 0.717) is 6.54 Å². The van der Waals surface area contributed by atoms with E-state index in [1.807, 2.05) is 13.0 Å². The van der Waals surface area contributed by atoms with Crippen LogP contribution in [0.3, 0.4) is 0 Å². The molecule has 1 fully saturated rings. The van der Waals surface area contributed by atoms with Crippen LogP contribution < -0.4 is 5.32 Å². The fourth-order valence-electron chi connectivity index (χ4n) is 2.59. The highest BCUT2D eigenvalue weighted by atomic mass is 32.1. The molecule has 0 aromatic carbocycles. The van der Waals surface area contributed by atoms with Gasteiger partial charge in [-0.05, 0) is 24.8 Å². The lowest BCUT2D eigenvalue weighted by molar-refractivity contribution is -0.126. The number of nitrogens with one attached hydrogen (secondary N) is 1. The predicted molar refractivity (Wildman–Crippen MR) is 85.6 cm³/mol. The van der Waals surface area contributed by atoms with Crippen molar-refractivity contribution >= 4 is 17.2 Å². The number of β-amino-alcohol motifs (C(OH)–C–C–N with tert-alkyl or cyclic N) is 1. The quantitative estimate of drug-likeness (QED) is 0.766. The van der Waals surface area contributed by atoms with Crippen molar-refractivity contribution in [2.45, 2.75) is 19.4 Å². The molecular formula is C15H25N3O2S. The summed E-state index contributed by atoms with van der Waals surface area (Å²) in [4.78, 5) is 17.9. The molecule has 1 aliphatic heterocycles. The fraction of sp³-hybridized carbons (Fsp3) is 0.667. The van der Waals surface area contributed by atoms with E-state index in [0.717, 1.165) is 39.1 Å². The molecule has 0 aliphatic carbocycles. The van der Waals surface area contributed by atoms with Gasteiger partial charge < -0.3 is 10.4 Å². The maximum absolute atomic E-state index is 12.2. The van der Waals surface area contributed by atoms with E-state index >= 15 is 0 Å². The Morgan fingerprint density at radius 1 is 1.43 bits per heavy atom. The summed E-state index contributed by atoms with van der Waals surface area (Å²) in [6.45, 7) is 7.24. The molecule has 1 aliphatic rings. The number of piperazine rings is 1. The van der Waals surface area contributed by atoms with Gasteiger partial charge in [0, 0.05) is 44.1 Å². The number of thiophene rings is 1. The van der Waals surface area contributed by atoms with Gasteiger partial charge in [-0.1, -0.05) is 6.07 Å². The number of hydrogen-bond donors (Lipinski definition) is 2. The lowest BCUT2D eigenvalue weighted by atomic mass is 10.2. The van der Waals surface area contributed by atoms with Crippen molar-refractivity contribution in [3.05, 3.63) is 22.4 Å². The van der Waals surface area contributed by atoms with E-state index in [9.17, 15) is 4.79 Å². The zero-order chi connectivity index (χ0) is 15.1. The Balaban J connectivity index is 1.67. The van der Waals surface area contributed by atoms with Gasteiger partial charge >= 0.3 is 0 Å². The van der Waals surface area contributed by atoms with Crippen molar-refractivity contribution in [3.63, 3.8) is 0 Å². The van der Waals surface area contributed by atoms with Crippen molar-refractivity contribution in [2.24, 2.45) is 0 Å². The Bertz CT molecular complexity index is 417. The lowest BCUT2D eigenvalue weighted by Gasteiger charge is -2.37. The standard InChI is InChI=1S/C15H25N3O2S/c1-13(18-8-6-17(7-9-18)10-11-19)15(20)16-5-4-14-3-2-12-21-14/h2-3,12-13,19H,4-11H2,1H3,(H,16,20). The molecule has 1 saturated heterocycles. The first kappa shape index (κ1) is 16.4. The SMILES string of the molecule is CC(C(=O)NCCc1cccs1)N1CCN(CCO)CC1. The molecule has 1 aromatic heterocycles. The molecule has 5 nitrogen and oxygen atoms in total. The largest absolute Gasteiger partial charge is 0.395 e. The average Bonchev–Trinajstić information content (AvgIpc) is 3.01. The van der Waals surface area contributed by atoms with Crippen molar-refractivity contribution in [2.75, 3.05) is 45.9 Å². The second-order valence-electron chi connectivity index (χ2n) is 5.40. The van der Waals surface area contributed by atoms with Crippen LogP contribution in [0, 0.1) is 0 Å². The van der Waals surface area contributed by atoms with Crippen molar-refractivity contribution in [1.29, 1.82) is 0 Å². The molecule has 0 radical (unpaired) electrons. The summed E-state index contributed by atoms with van der Waals surface area (Å²) >= 11 is 1.73. The van der Waals surface area contributed by atoms with E-state index in [1.54, 1.807) is 11.3 Å². The molecule has 1 aromatic rings. The van der Waals surface area contributed by atoms with Crippen LogP contribution in [-0.2, 0) is 11.2 Å². The summed E-state index contributed by atoms with van der Waals surface area (Å²) in [7, 11) is 0. The second-order valence-corrected chi connectivity index (χ2v) is 6.43. The van der Waals surface area contributed by atoms with Crippen LogP contribution in [0.15, 0.2) is 17.5 Å². The molecule has 1 atom stereocenters. The van der Waals surface area contributed by atoms with E-state index < -0.39 is 0 Å². The number of amides is 1. The molecule has 0 spiro atoms. The Labute approximate surface area is 130 Å². The molecule has 0 saturated carbocycles. The lowest BCUT2D eigenvalue weighted by Crippen LogP contribution is -2.54. The van der Waals surface area contributed by atoms with Gasteiger partial charge in [-0.15, -0.1) is 11.3 Å². The summed E-state index contributed by atoms with van der Waals surface area (Å²) in [5.74, 6) is 0.113. The molecule has 2 rings (SSSR count). The van der Waals surface area contributed by atoms with Gasteiger partial charge in [0.2, 0.25) is 5.91 Å². The topological polar surface area (TPSA) is 55.8 Å². The van der Waals surface area contributed by atoms with Crippen LogP contribution in [0.4, 0.5) is 0 Å². The molecule has 2 N–H and O–H groups in total. The second kappa shape index (κ2) is 8.48. The number of rotatable bonds is 7. The number of carbonyl (C=O) groups excluding carboxylic acids is 1. The number of hydrogen-bond acceptors (Lipinski definition) is 5. The molecule has 1 amide bonds. The molecular weight excluding hydrogens is 286 g/mol. The zero-order valence-electron chi connectivity index (χ0n) is 12.6. The summed E-state index contributed by atoms with van der Waals surface area (Å²) in [6.07, 6.45) is 0.903. The Hall–Kier alpha value is -0.950. The molecule has 1 unspecified atom stereocenters. The minimum Gasteiger partial charge on any atom is -0.395 e. The van der Waals surface area contributed by atoms with Crippen molar-refractivity contribution < 1.29 is 9.90 Å². The van der Waals surface area contributed by atoms with Crippen molar-refractivity contribution in [1.82, 2.24) is 15.1 Å². The first-order valence-corrected chi connectivity index (χ1v) is 8.46. The highest BCUT2D eigenvalue weighted by Gasteiger charge is 2.24. The molecule has 6 heteroatoms. The third-order valence-corrected chi connectivity index (χ3v) is 4.94. The normalized spacial score (nSPS) is 18.6. The first-order valence-electron chi connectivity index (χ1n) is 7.58. The third-order valence-electron chi connectivity index (χ3n) is 4.00. The smallest absolute Gasteiger partial charge is 0.237 e. The number of aliphatic hydroxyl groups excluding tert-OH is 1. The minimum absolute atomic E-state index is 0.0791.